The van der Waals surface area contributed by atoms with Crippen LogP contribution in [0.15, 0.2) is 54.9 Å². The summed E-state index contributed by atoms with van der Waals surface area (Å²) in [5.41, 5.74) is 0.939. The molecule has 0 radical (unpaired) electrons. The largest absolute Gasteiger partial charge is 0.508 e. The first-order chi connectivity index (χ1) is 8.76. The topological polar surface area (TPSA) is 42.4 Å². The van der Waals surface area contributed by atoms with Crippen molar-refractivity contribution in [2.24, 2.45) is 0 Å². The smallest absolute Gasteiger partial charge is 0.123 e. The van der Waals surface area contributed by atoms with E-state index in [-0.39, 0.29) is 5.75 Å². The lowest BCUT2D eigenvalue weighted by atomic mass is 10.2. The van der Waals surface area contributed by atoms with Crippen LogP contribution < -0.4 is 4.74 Å². The highest BCUT2D eigenvalue weighted by molar-refractivity contribution is 5.54. The molecule has 94 valence electrons. The van der Waals surface area contributed by atoms with Gasteiger partial charge in [-0.05, 0) is 36.8 Å². The normalized spacial score (nSPS) is 9.67. The molecule has 0 aliphatic carbocycles. The molecule has 3 heteroatoms. The number of pyridine rings is 1. The quantitative estimate of drug-likeness (QED) is 0.877. The van der Waals surface area contributed by atoms with Crippen LogP contribution in [0.25, 0.3) is 6.08 Å². The fourth-order valence-electron chi connectivity index (χ4n) is 1.32. The number of benzene rings is 1. The zero-order valence-corrected chi connectivity index (χ0v) is 10.6. The maximum atomic E-state index is 9.24. The van der Waals surface area contributed by atoms with Crippen molar-refractivity contribution >= 4 is 6.08 Å². The fraction of sp³-hybridized carbons (Fsp3) is 0.133. The first kappa shape index (κ1) is 13.8. The Labute approximate surface area is 107 Å². The SMILES string of the molecule is CC=Cc1cc(O)cc(OC)c1.c1ccncc1. The Morgan fingerprint density at radius 1 is 1.11 bits per heavy atom. The molecule has 1 aromatic heterocycles. The van der Waals surface area contributed by atoms with Crippen molar-refractivity contribution in [1.29, 1.82) is 0 Å². The van der Waals surface area contributed by atoms with Gasteiger partial charge in [0.2, 0.25) is 0 Å². The van der Waals surface area contributed by atoms with E-state index in [0.717, 1.165) is 5.56 Å². The molecule has 0 aliphatic heterocycles. The first-order valence-corrected chi connectivity index (χ1v) is 5.62. The van der Waals surface area contributed by atoms with E-state index in [2.05, 4.69) is 4.98 Å². The predicted molar refractivity (Wildman–Crippen MR) is 73.6 cm³/mol. The average Bonchev–Trinajstić information content (AvgIpc) is 2.41. The molecule has 2 rings (SSSR count). The number of nitrogens with zero attached hydrogens (tertiary/aromatic N) is 1. The molecular weight excluding hydrogens is 226 g/mol. The zero-order valence-electron chi connectivity index (χ0n) is 10.6. The molecule has 0 aliphatic rings. The number of ether oxygens (including phenoxy) is 1. The highest BCUT2D eigenvalue weighted by Gasteiger charge is 1.96. The molecule has 0 fully saturated rings. The maximum Gasteiger partial charge on any atom is 0.123 e. The van der Waals surface area contributed by atoms with Crippen molar-refractivity contribution < 1.29 is 9.84 Å². The molecule has 0 amide bonds. The summed E-state index contributed by atoms with van der Waals surface area (Å²) in [6.45, 7) is 1.93. The van der Waals surface area contributed by atoms with Crippen molar-refractivity contribution in [3.8, 4) is 11.5 Å². The van der Waals surface area contributed by atoms with Gasteiger partial charge in [-0.15, -0.1) is 0 Å². The number of phenolic OH excluding ortho intramolecular Hbond substituents is 1. The van der Waals surface area contributed by atoms with E-state index < -0.39 is 0 Å². The lowest BCUT2D eigenvalue weighted by Crippen LogP contribution is -1.82. The van der Waals surface area contributed by atoms with Crippen LogP contribution in [0.3, 0.4) is 0 Å². The molecule has 1 aromatic carbocycles. The first-order valence-electron chi connectivity index (χ1n) is 5.62. The number of methoxy groups -OCH3 is 1. The number of aromatic nitrogens is 1. The van der Waals surface area contributed by atoms with Gasteiger partial charge < -0.3 is 9.84 Å². The molecular formula is C15H17NO2. The molecule has 0 bridgehead atoms. The number of rotatable bonds is 2. The van der Waals surface area contributed by atoms with Crippen LogP contribution in [0.5, 0.6) is 11.5 Å². The van der Waals surface area contributed by atoms with Gasteiger partial charge in [0.05, 0.1) is 7.11 Å². The second kappa shape index (κ2) is 7.90. The van der Waals surface area contributed by atoms with Crippen molar-refractivity contribution in [1.82, 2.24) is 4.98 Å². The summed E-state index contributed by atoms with van der Waals surface area (Å²) in [6, 6.07) is 10.8. The predicted octanol–water partition coefficient (Wildman–Crippen LogP) is 3.52. The third-order valence-electron chi connectivity index (χ3n) is 2.07. The minimum absolute atomic E-state index is 0.224. The summed E-state index contributed by atoms with van der Waals surface area (Å²) in [6.07, 6.45) is 7.32. The van der Waals surface area contributed by atoms with Crippen molar-refractivity contribution in [2.75, 3.05) is 7.11 Å². The molecule has 18 heavy (non-hydrogen) atoms. The molecule has 2 aromatic rings. The average molecular weight is 243 g/mol. The Morgan fingerprint density at radius 2 is 1.83 bits per heavy atom. The molecule has 3 nitrogen and oxygen atoms in total. The van der Waals surface area contributed by atoms with Crippen LogP contribution in [0.1, 0.15) is 12.5 Å². The van der Waals surface area contributed by atoms with Gasteiger partial charge in [-0.2, -0.15) is 0 Å². The molecule has 0 saturated heterocycles. The summed E-state index contributed by atoms with van der Waals surface area (Å²) < 4.78 is 4.99. The lowest BCUT2D eigenvalue weighted by molar-refractivity contribution is 0.407. The molecule has 0 spiro atoms. The van der Waals surface area contributed by atoms with E-state index in [1.165, 1.54) is 0 Å². The monoisotopic (exact) mass is 243 g/mol. The van der Waals surface area contributed by atoms with Gasteiger partial charge in [-0.3, -0.25) is 4.98 Å². The summed E-state index contributed by atoms with van der Waals surface area (Å²) in [7, 11) is 1.58. The minimum atomic E-state index is 0.224. The standard InChI is InChI=1S/C10H12O2.C5H5N/c1-3-4-8-5-9(11)7-10(6-8)12-2;1-2-4-6-5-3-1/h3-7,11H,1-2H3;1-5H. The maximum absolute atomic E-state index is 9.24. The fourth-order valence-corrected chi connectivity index (χ4v) is 1.32. The van der Waals surface area contributed by atoms with E-state index in [9.17, 15) is 5.11 Å². The van der Waals surface area contributed by atoms with Crippen LogP contribution in [-0.4, -0.2) is 17.2 Å². The Hall–Kier alpha value is -2.29. The van der Waals surface area contributed by atoms with E-state index >= 15 is 0 Å². The van der Waals surface area contributed by atoms with E-state index in [4.69, 9.17) is 4.74 Å². The van der Waals surface area contributed by atoms with Gasteiger partial charge in [0, 0.05) is 18.5 Å². The highest BCUT2D eigenvalue weighted by atomic mass is 16.5. The number of allylic oxidation sites excluding steroid dienone is 1. The third-order valence-corrected chi connectivity index (χ3v) is 2.07. The third kappa shape index (κ3) is 5.16. The van der Waals surface area contributed by atoms with Gasteiger partial charge >= 0.3 is 0 Å². The van der Waals surface area contributed by atoms with Gasteiger partial charge in [-0.1, -0.05) is 18.2 Å². The number of phenols is 1. The van der Waals surface area contributed by atoms with Crippen molar-refractivity contribution in [2.45, 2.75) is 6.92 Å². The van der Waals surface area contributed by atoms with Crippen LogP contribution >= 0.6 is 0 Å². The van der Waals surface area contributed by atoms with Gasteiger partial charge in [-0.25, -0.2) is 0 Å². The van der Waals surface area contributed by atoms with Crippen molar-refractivity contribution in [3.63, 3.8) is 0 Å². The van der Waals surface area contributed by atoms with Gasteiger partial charge in [0.1, 0.15) is 11.5 Å². The summed E-state index contributed by atoms with van der Waals surface area (Å²) in [4.78, 5) is 3.78. The second-order valence-corrected chi connectivity index (χ2v) is 3.49. The zero-order chi connectivity index (χ0) is 13.2. The van der Waals surface area contributed by atoms with Gasteiger partial charge in [0.15, 0.2) is 0 Å². The van der Waals surface area contributed by atoms with Crippen LogP contribution in [0.2, 0.25) is 0 Å². The molecule has 0 atom stereocenters. The summed E-state index contributed by atoms with van der Waals surface area (Å²) in [5.74, 6) is 0.894. The van der Waals surface area contributed by atoms with Crippen LogP contribution in [-0.2, 0) is 0 Å². The van der Waals surface area contributed by atoms with Gasteiger partial charge in [0.25, 0.3) is 0 Å². The summed E-state index contributed by atoms with van der Waals surface area (Å²) in [5, 5.41) is 9.24. The van der Waals surface area contributed by atoms with Crippen molar-refractivity contribution in [3.05, 3.63) is 60.4 Å². The Bertz CT molecular complexity index is 454. The molecule has 0 saturated carbocycles. The number of hydrogen-bond donors (Lipinski definition) is 1. The Balaban J connectivity index is 0.000000225. The van der Waals surface area contributed by atoms with E-state index in [1.54, 1.807) is 31.6 Å². The highest BCUT2D eigenvalue weighted by Crippen LogP contribution is 2.21. The Morgan fingerprint density at radius 3 is 2.28 bits per heavy atom. The van der Waals surface area contributed by atoms with E-state index in [0.29, 0.717) is 5.75 Å². The van der Waals surface area contributed by atoms with Crippen LogP contribution in [0, 0.1) is 0 Å². The number of hydrogen-bond acceptors (Lipinski definition) is 3. The lowest BCUT2D eigenvalue weighted by Gasteiger charge is -2.01. The minimum Gasteiger partial charge on any atom is -0.508 e. The second-order valence-electron chi connectivity index (χ2n) is 3.49. The van der Waals surface area contributed by atoms with Crippen LogP contribution in [0.4, 0.5) is 0 Å². The molecule has 1 heterocycles. The number of aromatic hydroxyl groups is 1. The molecule has 0 unspecified atom stereocenters. The summed E-state index contributed by atoms with van der Waals surface area (Å²) >= 11 is 0. The van der Waals surface area contributed by atoms with E-state index in [1.807, 2.05) is 43.3 Å². The Kier molecular flexibility index (Phi) is 6.04. The molecule has 1 N–H and O–H groups in total.